The van der Waals surface area contributed by atoms with Gasteiger partial charge in [-0.15, -0.1) is 0 Å². The number of esters is 2. The zero-order valence-corrected chi connectivity index (χ0v) is 41.6. The summed E-state index contributed by atoms with van der Waals surface area (Å²) in [6.45, 7) is 4.69. The molecular weight excluding hydrogens is 775 g/mol. The van der Waals surface area contributed by atoms with Gasteiger partial charge in [-0.25, -0.2) is 0 Å². The fourth-order valence-electron chi connectivity index (χ4n) is 7.94. The predicted molar refractivity (Wildman–Crippen MR) is 259 cm³/mol. The fourth-order valence-corrected chi connectivity index (χ4v) is 7.94. The van der Waals surface area contributed by atoms with Gasteiger partial charge in [-0.2, -0.15) is 0 Å². The lowest BCUT2D eigenvalue weighted by atomic mass is 10.1. The molecule has 364 valence electrons. The zero-order valence-electron chi connectivity index (χ0n) is 41.6. The summed E-state index contributed by atoms with van der Waals surface area (Å²) < 4.78 is 17.3. The second kappa shape index (κ2) is 45.4. The van der Waals surface area contributed by atoms with Crippen LogP contribution in [0.1, 0.15) is 251 Å². The van der Waals surface area contributed by atoms with Crippen LogP contribution in [0.5, 0.6) is 0 Å². The first kappa shape index (κ1) is 59.8. The summed E-state index contributed by atoms with van der Waals surface area (Å²) in [5.74, 6) is -1.73. The summed E-state index contributed by atoms with van der Waals surface area (Å²) in [5.41, 5.74) is 0. The van der Waals surface area contributed by atoms with E-state index < -0.39 is 18.1 Å². The van der Waals surface area contributed by atoms with Crippen molar-refractivity contribution in [1.29, 1.82) is 0 Å². The van der Waals surface area contributed by atoms with E-state index in [0.717, 1.165) is 38.5 Å². The number of carbonyl (C=O) groups excluding carboxylic acids is 3. The zero-order chi connectivity index (χ0) is 45.6. The Morgan fingerprint density at radius 1 is 0.468 bits per heavy atom. The molecule has 0 amide bonds. The van der Waals surface area contributed by atoms with Crippen molar-refractivity contribution >= 4 is 17.9 Å². The minimum absolute atomic E-state index is 0.0410. The van der Waals surface area contributed by atoms with E-state index in [9.17, 15) is 19.5 Å². The first-order valence-corrected chi connectivity index (χ1v) is 26.4. The van der Waals surface area contributed by atoms with E-state index >= 15 is 0 Å². The molecule has 0 aromatic heterocycles. The van der Waals surface area contributed by atoms with Gasteiger partial charge in [-0.3, -0.25) is 9.59 Å². The highest BCUT2D eigenvalue weighted by Crippen LogP contribution is 2.15. The van der Waals surface area contributed by atoms with Crippen molar-refractivity contribution in [1.82, 2.24) is 0 Å². The van der Waals surface area contributed by atoms with Crippen LogP contribution in [0.3, 0.4) is 0 Å². The molecule has 0 fully saturated rings. The molecule has 2 atom stereocenters. The van der Waals surface area contributed by atoms with Crippen molar-refractivity contribution in [2.24, 2.45) is 0 Å². The number of quaternary nitrogens is 1. The average molecular weight is 876 g/mol. The van der Waals surface area contributed by atoms with E-state index in [-0.39, 0.29) is 42.7 Å². The summed E-state index contributed by atoms with van der Waals surface area (Å²) in [7, 11) is 5.42. The van der Waals surface area contributed by atoms with Crippen molar-refractivity contribution < 1.29 is 38.2 Å². The van der Waals surface area contributed by atoms with Gasteiger partial charge in [0.25, 0.3) is 0 Å². The summed E-state index contributed by atoms with van der Waals surface area (Å²) in [6.07, 6.45) is 52.1. The standard InChI is InChI=1S/C54H101NO7/c1-6-8-10-12-14-16-18-20-22-24-25-26-27-29-30-32-34-36-38-40-42-44-52(56)61-49-50(48-60-47-46-51(54(58)59)55(3,4)5)62-53(57)45-43-41-39-37-35-33-31-28-23-21-19-17-15-13-11-9-7-2/h21,23,26-27,50-51H,6-20,22,24-25,28-49H2,1-5H3/b23-21+,27-26+. The van der Waals surface area contributed by atoms with Crippen LogP contribution in [0.4, 0.5) is 0 Å². The van der Waals surface area contributed by atoms with Crippen LogP contribution in [0, 0.1) is 0 Å². The minimum atomic E-state index is -1.12. The number of rotatable bonds is 48. The molecular formula is C54H101NO7. The molecule has 0 bridgehead atoms. The van der Waals surface area contributed by atoms with Gasteiger partial charge < -0.3 is 28.6 Å². The van der Waals surface area contributed by atoms with Crippen molar-refractivity contribution in [3.63, 3.8) is 0 Å². The predicted octanol–water partition coefficient (Wildman–Crippen LogP) is 13.9. The number of hydrogen-bond acceptors (Lipinski definition) is 7. The van der Waals surface area contributed by atoms with Crippen molar-refractivity contribution in [3.8, 4) is 0 Å². The van der Waals surface area contributed by atoms with E-state index in [1.165, 1.54) is 180 Å². The van der Waals surface area contributed by atoms with Crippen LogP contribution in [0.25, 0.3) is 0 Å². The van der Waals surface area contributed by atoms with Gasteiger partial charge >= 0.3 is 11.9 Å². The van der Waals surface area contributed by atoms with Crippen LogP contribution in [-0.2, 0) is 28.6 Å². The van der Waals surface area contributed by atoms with E-state index in [2.05, 4.69) is 38.2 Å². The highest BCUT2D eigenvalue weighted by molar-refractivity contribution is 5.70. The lowest BCUT2D eigenvalue weighted by Crippen LogP contribution is -2.55. The molecule has 0 aliphatic heterocycles. The Hall–Kier alpha value is -2.19. The van der Waals surface area contributed by atoms with Crippen LogP contribution in [-0.4, -0.2) is 75.5 Å². The lowest BCUT2D eigenvalue weighted by Gasteiger charge is -2.34. The second-order valence-corrected chi connectivity index (χ2v) is 19.1. The Balaban J connectivity index is 4.21. The Labute approximate surface area is 383 Å². The molecule has 0 saturated heterocycles. The Bertz CT molecular complexity index is 1070. The van der Waals surface area contributed by atoms with Crippen molar-refractivity contribution in [2.45, 2.75) is 264 Å². The molecule has 2 unspecified atom stereocenters. The monoisotopic (exact) mass is 876 g/mol. The number of aliphatic carboxylic acids is 1. The van der Waals surface area contributed by atoms with Gasteiger partial charge in [0, 0.05) is 19.3 Å². The lowest BCUT2D eigenvalue weighted by molar-refractivity contribution is -0.889. The smallest absolute Gasteiger partial charge is 0.306 e. The third kappa shape index (κ3) is 43.1. The summed E-state index contributed by atoms with van der Waals surface area (Å²) in [6, 6.07) is -0.726. The topological polar surface area (TPSA) is 102 Å². The number of unbranched alkanes of at least 4 members (excludes halogenated alkanes) is 30. The molecule has 0 N–H and O–H groups in total. The molecule has 0 aliphatic carbocycles. The second-order valence-electron chi connectivity index (χ2n) is 19.1. The van der Waals surface area contributed by atoms with Crippen LogP contribution >= 0.6 is 0 Å². The first-order valence-electron chi connectivity index (χ1n) is 26.4. The third-order valence-corrected chi connectivity index (χ3v) is 12.1. The molecule has 8 nitrogen and oxygen atoms in total. The molecule has 0 spiro atoms. The SMILES string of the molecule is CCCCCCCC/C=C/CCCCCCCCCC(=O)OC(COCCC(C(=O)[O-])[N+](C)(C)C)COC(=O)CCCCCCCCC/C=C/CCCCCCCCCCCC. The van der Waals surface area contributed by atoms with E-state index in [4.69, 9.17) is 14.2 Å². The number of hydrogen-bond donors (Lipinski definition) is 0. The van der Waals surface area contributed by atoms with Gasteiger partial charge in [-0.05, 0) is 64.2 Å². The molecule has 0 rings (SSSR count). The van der Waals surface area contributed by atoms with Crippen molar-refractivity contribution in [2.75, 3.05) is 41.0 Å². The number of likely N-dealkylation sites (N-methyl/N-ethyl adjacent to an activating group) is 1. The van der Waals surface area contributed by atoms with Gasteiger partial charge in [0.2, 0.25) is 0 Å². The quantitative estimate of drug-likeness (QED) is 0.0260. The number of ether oxygens (including phenoxy) is 3. The van der Waals surface area contributed by atoms with Gasteiger partial charge in [0.1, 0.15) is 12.6 Å². The van der Waals surface area contributed by atoms with E-state index in [0.29, 0.717) is 12.8 Å². The Kier molecular flexibility index (Phi) is 43.8. The van der Waals surface area contributed by atoms with E-state index in [1.54, 1.807) is 21.1 Å². The third-order valence-electron chi connectivity index (χ3n) is 12.1. The number of allylic oxidation sites excluding steroid dienone is 4. The maximum Gasteiger partial charge on any atom is 0.306 e. The maximum atomic E-state index is 12.8. The maximum absolute atomic E-state index is 12.8. The Morgan fingerprint density at radius 3 is 1.16 bits per heavy atom. The minimum Gasteiger partial charge on any atom is -0.544 e. The summed E-state index contributed by atoms with van der Waals surface area (Å²) in [4.78, 5) is 37.0. The summed E-state index contributed by atoms with van der Waals surface area (Å²) >= 11 is 0. The van der Waals surface area contributed by atoms with Gasteiger partial charge in [-0.1, -0.05) is 192 Å². The number of carboxylic acids is 1. The van der Waals surface area contributed by atoms with Crippen molar-refractivity contribution in [3.05, 3.63) is 24.3 Å². The molecule has 0 aromatic carbocycles. The molecule has 0 saturated carbocycles. The van der Waals surface area contributed by atoms with Crippen LogP contribution in [0.15, 0.2) is 24.3 Å². The number of carbonyl (C=O) groups is 3. The molecule has 0 heterocycles. The number of nitrogens with zero attached hydrogens (tertiary/aromatic N) is 1. The Morgan fingerprint density at radius 2 is 0.806 bits per heavy atom. The van der Waals surface area contributed by atoms with E-state index in [1.807, 2.05) is 0 Å². The fraction of sp³-hybridized carbons (Fsp3) is 0.870. The highest BCUT2D eigenvalue weighted by Gasteiger charge is 2.25. The largest absolute Gasteiger partial charge is 0.544 e. The van der Waals surface area contributed by atoms with Crippen LogP contribution < -0.4 is 5.11 Å². The van der Waals surface area contributed by atoms with Gasteiger partial charge in [0.15, 0.2) is 6.10 Å². The average Bonchev–Trinajstić information content (AvgIpc) is 3.23. The molecule has 0 aliphatic rings. The van der Waals surface area contributed by atoms with Gasteiger partial charge in [0.05, 0.1) is 40.3 Å². The summed E-state index contributed by atoms with van der Waals surface area (Å²) in [5, 5.41) is 11.7. The number of carboxylic acid groups (broad SMARTS) is 1. The molecule has 8 heteroatoms. The normalized spacial score (nSPS) is 13.0. The molecule has 62 heavy (non-hydrogen) atoms. The molecule has 0 aromatic rings. The molecule has 0 radical (unpaired) electrons. The highest BCUT2D eigenvalue weighted by atomic mass is 16.6. The first-order chi connectivity index (χ1) is 30.1. The van der Waals surface area contributed by atoms with Crippen LogP contribution in [0.2, 0.25) is 0 Å².